The highest BCUT2D eigenvalue weighted by Crippen LogP contribution is 2.26. The topological polar surface area (TPSA) is 415 Å². The quantitative estimate of drug-likeness (QED) is 0.141. The van der Waals surface area contributed by atoms with E-state index in [1.165, 1.54) is 24.0 Å². The average Bonchev–Trinajstić information content (AvgIpc) is 3.54. The van der Waals surface area contributed by atoms with Crippen molar-refractivity contribution in [2.45, 2.75) is 25.4 Å². The number of amides is 1. The fraction of sp³-hybridized carbons (Fsp3) is 0.346. The molecule has 50 heavy (non-hydrogen) atoms. The molecule has 1 aromatic carbocycles. The molecule has 1 atom stereocenters. The summed E-state index contributed by atoms with van der Waals surface area (Å²) < 4.78 is 5.80. The molecule has 0 aromatic heterocycles. The van der Waals surface area contributed by atoms with Gasteiger partial charge >= 0.3 is 59.7 Å². The number of ether oxygens (including phenoxy) is 1. The van der Waals surface area contributed by atoms with Gasteiger partial charge in [0.25, 0.3) is 0 Å². The Bertz CT molecular complexity index is 1180. The van der Waals surface area contributed by atoms with E-state index < -0.39 is 59.7 Å². The van der Waals surface area contributed by atoms with Crippen LogP contribution >= 0.6 is 0 Å². The van der Waals surface area contributed by atoms with E-state index in [1.807, 2.05) is 6.07 Å². The Balaban J connectivity index is -0.000000612. The minimum Gasteiger partial charge on any atom is -0.473 e. The summed E-state index contributed by atoms with van der Waals surface area (Å²) in [5, 5.41) is 76.9. The predicted molar refractivity (Wildman–Crippen MR) is 154 cm³/mol. The summed E-state index contributed by atoms with van der Waals surface area (Å²) in [4.78, 5) is 105. The fourth-order valence-corrected chi connectivity index (χ4v) is 3.05. The number of nitrogens with one attached hydrogen (secondary N) is 1. The van der Waals surface area contributed by atoms with Gasteiger partial charge in [0.05, 0.1) is 13.2 Å². The standard InChI is InChI=1S/C16H22N2O2.5C2H2O4/c19-16(12-18-8-3-4-9-18)17-11-15-14-6-2-1-5-13(14)7-10-20-15;5*3-1(4)2(5)6/h1-2,5-6,15H,3-4,7-12H2,(H,17,19);5*(H,3,4)(H,5,6). The van der Waals surface area contributed by atoms with Gasteiger partial charge in [-0.05, 0) is 43.5 Å². The maximum Gasteiger partial charge on any atom is 0.414 e. The summed E-state index contributed by atoms with van der Waals surface area (Å²) in [6.45, 7) is 3.94. The van der Waals surface area contributed by atoms with Gasteiger partial charge in [-0.15, -0.1) is 0 Å². The molecule has 1 saturated heterocycles. The Morgan fingerprint density at radius 1 is 0.580 bits per heavy atom. The second-order valence-electron chi connectivity index (χ2n) is 8.65. The highest BCUT2D eigenvalue weighted by molar-refractivity contribution is 6.28. The first-order valence-electron chi connectivity index (χ1n) is 13.0. The van der Waals surface area contributed by atoms with Crippen LogP contribution in [-0.4, -0.2) is 154 Å². The lowest BCUT2D eigenvalue weighted by atomic mass is 9.97. The van der Waals surface area contributed by atoms with Crippen LogP contribution in [0, 0.1) is 0 Å². The van der Waals surface area contributed by atoms with Gasteiger partial charge in [-0.2, -0.15) is 0 Å². The molecule has 2 aliphatic heterocycles. The number of carbonyl (C=O) groups is 11. The summed E-state index contributed by atoms with van der Waals surface area (Å²) in [5.41, 5.74) is 2.57. The third-order valence-electron chi connectivity index (χ3n) is 5.06. The Labute approximate surface area is 278 Å². The summed E-state index contributed by atoms with van der Waals surface area (Å²) in [5.74, 6) is -18.1. The largest absolute Gasteiger partial charge is 0.473 e. The van der Waals surface area contributed by atoms with Crippen LogP contribution in [0.4, 0.5) is 0 Å². The molecule has 1 unspecified atom stereocenters. The van der Waals surface area contributed by atoms with Crippen molar-refractivity contribution in [1.29, 1.82) is 0 Å². The maximum absolute atomic E-state index is 11.9. The second kappa shape index (κ2) is 26.4. The zero-order valence-electron chi connectivity index (χ0n) is 25.4. The second-order valence-corrected chi connectivity index (χ2v) is 8.65. The van der Waals surface area contributed by atoms with E-state index in [-0.39, 0.29) is 12.0 Å². The number of benzene rings is 1. The van der Waals surface area contributed by atoms with Gasteiger partial charge in [0.15, 0.2) is 0 Å². The van der Waals surface area contributed by atoms with Crippen molar-refractivity contribution in [3.8, 4) is 0 Å². The average molecular weight is 725 g/mol. The van der Waals surface area contributed by atoms with Gasteiger partial charge in [0.2, 0.25) is 5.91 Å². The molecule has 0 radical (unpaired) electrons. The lowest BCUT2D eigenvalue weighted by Crippen LogP contribution is -2.38. The van der Waals surface area contributed by atoms with E-state index >= 15 is 0 Å². The molecule has 1 aromatic rings. The van der Waals surface area contributed by atoms with Crippen LogP contribution in [0.25, 0.3) is 0 Å². The van der Waals surface area contributed by atoms with Gasteiger partial charge in [-0.1, -0.05) is 24.3 Å². The lowest BCUT2D eigenvalue weighted by Gasteiger charge is -2.26. The molecule has 1 fully saturated rings. The van der Waals surface area contributed by atoms with Crippen LogP contribution in [0.1, 0.15) is 30.1 Å². The molecule has 3 rings (SSSR count). The molecule has 2 aliphatic rings. The van der Waals surface area contributed by atoms with E-state index in [2.05, 4.69) is 28.4 Å². The van der Waals surface area contributed by atoms with Crippen LogP contribution in [0.2, 0.25) is 0 Å². The van der Waals surface area contributed by atoms with E-state index in [0.29, 0.717) is 13.1 Å². The SMILES string of the molecule is O=C(CN1CCCC1)NCC1OCCc2ccccc21.O=C(O)C(=O)O.O=C(O)C(=O)O.O=C(O)C(=O)O.O=C(O)C(=O)O.O=C(O)C(=O)O. The Morgan fingerprint density at radius 3 is 1.26 bits per heavy atom. The van der Waals surface area contributed by atoms with Crippen LogP contribution < -0.4 is 5.32 Å². The summed E-state index contributed by atoms with van der Waals surface area (Å²) >= 11 is 0. The summed E-state index contributed by atoms with van der Waals surface area (Å²) in [6.07, 6.45) is 3.40. The molecule has 1 amide bonds. The van der Waals surface area contributed by atoms with Crippen molar-refractivity contribution >= 4 is 65.6 Å². The molecule has 11 N–H and O–H groups in total. The first kappa shape index (κ1) is 47.7. The van der Waals surface area contributed by atoms with E-state index in [1.54, 1.807) is 0 Å². The number of aliphatic carboxylic acids is 10. The molecule has 0 bridgehead atoms. The molecule has 0 saturated carbocycles. The highest BCUT2D eigenvalue weighted by atomic mass is 16.5. The van der Waals surface area contributed by atoms with Crippen molar-refractivity contribution < 1.29 is 109 Å². The highest BCUT2D eigenvalue weighted by Gasteiger charge is 2.22. The number of likely N-dealkylation sites (tertiary alicyclic amines) is 1. The normalized spacial score (nSPS) is 13.4. The molecule has 24 nitrogen and oxygen atoms in total. The summed E-state index contributed by atoms with van der Waals surface area (Å²) in [6, 6.07) is 8.35. The lowest BCUT2D eigenvalue weighted by molar-refractivity contribution is -0.159. The number of carboxylic acids is 10. The molecular formula is C26H32N2O22. The van der Waals surface area contributed by atoms with Gasteiger partial charge in [-0.25, -0.2) is 47.9 Å². The minimum atomic E-state index is -1.82. The number of fused-ring (bicyclic) bond motifs is 1. The minimum absolute atomic E-state index is 0.00229. The first-order valence-corrected chi connectivity index (χ1v) is 13.0. The maximum atomic E-state index is 11.9. The first-order chi connectivity index (χ1) is 23.0. The van der Waals surface area contributed by atoms with Crippen LogP contribution in [-0.2, 0) is 63.9 Å². The number of carboxylic acid groups (broad SMARTS) is 10. The number of carbonyl (C=O) groups excluding carboxylic acids is 1. The van der Waals surface area contributed by atoms with Crippen LogP contribution in [0.5, 0.6) is 0 Å². The van der Waals surface area contributed by atoms with Crippen molar-refractivity contribution in [3.63, 3.8) is 0 Å². The molecule has 2 heterocycles. The van der Waals surface area contributed by atoms with Gasteiger partial charge in [0.1, 0.15) is 6.10 Å². The predicted octanol–water partition coefficient (Wildman–Crippen LogP) is -2.71. The van der Waals surface area contributed by atoms with Crippen LogP contribution in [0.3, 0.4) is 0 Å². The number of hydrogen-bond donors (Lipinski definition) is 11. The molecule has 0 spiro atoms. The molecule has 278 valence electrons. The summed E-state index contributed by atoms with van der Waals surface area (Å²) in [7, 11) is 0. The molecular weight excluding hydrogens is 692 g/mol. The Morgan fingerprint density at radius 2 is 0.920 bits per heavy atom. The van der Waals surface area contributed by atoms with E-state index in [0.717, 1.165) is 26.1 Å². The smallest absolute Gasteiger partial charge is 0.414 e. The Kier molecular flexibility index (Phi) is 25.2. The van der Waals surface area contributed by atoms with Crippen molar-refractivity contribution in [2.24, 2.45) is 0 Å². The molecule has 0 aliphatic carbocycles. The number of nitrogens with zero attached hydrogens (tertiary/aromatic N) is 1. The zero-order valence-corrected chi connectivity index (χ0v) is 25.4. The molecule has 24 heteroatoms. The van der Waals surface area contributed by atoms with Crippen LogP contribution in [0.15, 0.2) is 24.3 Å². The van der Waals surface area contributed by atoms with E-state index in [4.69, 9.17) is 104 Å². The van der Waals surface area contributed by atoms with Crippen molar-refractivity contribution in [2.75, 3.05) is 32.8 Å². The van der Waals surface area contributed by atoms with Gasteiger partial charge < -0.3 is 61.1 Å². The number of rotatable bonds is 4. The Hall–Kier alpha value is -6.69. The van der Waals surface area contributed by atoms with Crippen molar-refractivity contribution in [3.05, 3.63) is 35.4 Å². The van der Waals surface area contributed by atoms with E-state index in [9.17, 15) is 4.79 Å². The number of hydrogen-bond acceptors (Lipinski definition) is 13. The van der Waals surface area contributed by atoms with Gasteiger partial charge in [-0.3, -0.25) is 9.69 Å². The third kappa shape index (κ3) is 26.5. The monoisotopic (exact) mass is 724 g/mol. The fourth-order valence-electron chi connectivity index (χ4n) is 3.05. The van der Waals surface area contributed by atoms with Gasteiger partial charge in [0, 0.05) is 6.54 Å². The third-order valence-corrected chi connectivity index (χ3v) is 5.06. The van der Waals surface area contributed by atoms with Crippen molar-refractivity contribution in [1.82, 2.24) is 10.2 Å². The zero-order chi connectivity index (χ0) is 39.6.